The van der Waals surface area contributed by atoms with Crippen LogP contribution in [-0.4, -0.2) is 28.0 Å². The van der Waals surface area contributed by atoms with Crippen molar-refractivity contribution in [2.24, 2.45) is 0 Å². The van der Waals surface area contributed by atoms with E-state index in [-0.39, 0.29) is 16.8 Å². The number of amides is 1. The maximum Gasteiger partial charge on any atom is 0.307 e. The highest BCUT2D eigenvalue weighted by Gasteiger charge is 2.34. The molecule has 0 saturated carbocycles. The molecule has 5 heteroatoms. The van der Waals surface area contributed by atoms with Gasteiger partial charge in [-0.05, 0) is 31.7 Å². The highest BCUT2D eigenvalue weighted by Crippen LogP contribution is 2.33. The molecule has 1 aromatic heterocycles. The molecule has 3 rings (SSSR count). The zero-order chi connectivity index (χ0) is 17.8. The van der Waals surface area contributed by atoms with E-state index in [9.17, 15) is 9.59 Å². The zero-order valence-corrected chi connectivity index (χ0v) is 15.8. The van der Waals surface area contributed by atoms with Crippen molar-refractivity contribution in [1.82, 2.24) is 9.47 Å². The molecule has 0 aliphatic carbocycles. The number of rotatable bonds is 6. The van der Waals surface area contributed by atoms with E-state index < -0.39 is 0 Å². The first-order chi connectivity index (χ1) is 12.1. The fourth-order valence-corrected chi connectivity index (χ4v) is 4.74. The number of aromatic nitrogens is 1. The second-order valence-corrected chi connectivity index (χ2v) is 7.59. The minimum Gasteiger partial charge on any atom is -0.339 e. The summed E-state index contributed by atoms with van der Waals surface area (Å²) in [5.41, 5.74) is 2.26. The number of hydrogen-bond acceptors (Lipinski definition) is 3. The van der Waals surface area contributed by atoms with Crippen LogP contribution < -0.4 is 4.87 Å². The number of nitrogens with zero attached hydrogens (tertiary/aromatic N) is 2. The number of aryl methyl sites for hydroxylation is 1. The van der Waals surface area contributed by atoms with Gasteiger partial charge in [0.2, 0.25) is 5.91 Å². The molecule has 0 N–H and O–H groups in total. The monoisotopic (exact) mass is 358 g/mol. The average molecular weight is 359 g/mol. The molecule has 134 valence electrons. The van der Waals surface area contributed by atoms with E-state index in [2.05, 4.69) is 36.1 Å². The highest BCUT2D eigenvalue weighted by molar-refractivity contribution is 7.07. The lowest BCUT2D eigenvalue weighted by Gasteiger charge is -2.32. The second-order valence-electron chi connectivity index (χ2n) is 6.77. The molecule has 4 nitrogen and oxygen atoms in total. The summed E-state index contributed by atoms with van der Waals surface area (Å²) >= 11 is 1.20. The van der Waals surface area contributed by atoms with Crippen LogP contribution in [-0.2, 0) is 11.3 Å². The minimum atomic E-state index is 0.0268. The number of thiazole rings is 1. The van der Waals surface area contributed by atoms with Gasteiger partial charge in [0.1, 0.15) is 0 Å². The molecule has 25 heavy (non-hydrogen) atoms. The third kappa shape index (κ3) is 3.87. The number of hydrogen-bond donors (Lipinski definition) is 0. The Morgan fingerprint density at radius 3 is 2.72 bits per heavy atom. The summed E-state index contributed by atoms with van der Waals surface area (Å²) < 4.78 is 1.71. The van der Waals surface area contributed by atoms with Crippen molar-refractivity contribution in [3.05, 3.63) is 56.6 Å². The molecule has 1 amide bonds. The van der Waals surface area contributed by atoms with Gasteiger partial charge in [-0.1, -0.05) is 48.6 Å². The standard InChI is InChI=1S/C20H26N2O2S/c1-3-17(16-8-5-4-6-9-16)18-10-7-12-22(18)19(23)11-13-21-15(2)14-25-20(21)24/h4-6,8-9,14,17-18H,3,7,10-13H2,1-2H3/t17-,18-/m1/s1. The summed E-state index contributed by atoms with van der Waals surface area (Å²) in [7, 11) is 0. The first-order valence-corrected chi connectivity index (χ1v) is 9.99. The number of benzene rings is 1. The van der Waals surface area contributed by atoms with Gasteiger partial charge >= 0.3 is 4.87 Å². The maximum atomic E-state index is 12.8. The fraction of sp³-hybridized carbons (Fsp3) is 0.500. The number of carbonyl (C=O) groups is 1. The van der Waals surface area contributed by atoms with Gasteiger partial charge in [-0.25, -0.2) is 0 Å². The Labute approximate surface area is 153 Å². The van der Waals surface area contributed by atoms with Crippen LogP contribution in [0, 0.1) is 6.92 Å². The lowest BCUT2D eigenvalue weighted by atomic mass is 9.87. The second kappa shape index (κ2) is 8.00. The first kappa shape index (κ1) is 17.9. The van der Waals surface area contributed by atoms with Crippen molar-refractivity contribution in [2.75, 3.05) is 6.54 Å². The fourth-order valence-electron chi connectivity index (χ4n) is 3.98. The van der Waals surface area contributed by atoms with Crippen LogP contribution in [0.4, 0.5) is 0 Å². The van der Waals surface area contributed by atoms with Crippen LogP contribution in [0.5, 0.6) is 0 Å². The molecule has 2 heterocycles. The van der Waals surface area contributed by atoms with Crippen molar-refractivity contribution in [3.8, 4) is 0 Å². The predicted molar refractivity (Wildman–Crippen MR) is 102 cm³/mol. The van der Waals surface area contributed by atoms with E-state index in [1.165, 1.54) is 16.9 Å². The van der Waals surface area contributed by atoms with E-state index in [0.29, 0.717) is 18.9 Å². The third-order valence-corrected chi connectivity index (χ3v) is 6.16. The summed E-state index contributed by atoms with van der Waals surface area (Å²) in [4.78, 5) is 26.8. The molecule has 1 saturated heterocycles. The Bertz CT molecular complexity index is 766. The van der Waals surface area contributed by atoms with E-state index in [4.69, 9.17) is 0 Å². The molecule has 1 fully saturated rings. The van der Waals surface area contributed by atoms with Gasteiger partial charge in [0.05, 0.1) is 0 Å². The summed E-state index contributed by atoms with van der Waals surface area (Å²) in [6.07, 6.45) is 3.56. The lowest BCUT2D eigenvalue weighted by Crippen LogP contribution is -2.39. The van der Waals surface area contributed by atoms with Gasteiger partial charge in [-0.15, -0.1) is 0 Å². The van der Waals surface area contributed by atoms with E-state index in [1.807, 2.05) is 18.4 Å². The zero-order valence-electron chi connectivity index (χ0n) is 15.0. The number of carbonyl (C=O) groups excluding carboxylic acids is 1. The van der Waals surface area contributed by atoms with Crippen molar-refractivity contribution in [3.63, 3.8) is 0 Å². The van der Waals surface area contributed by atoms with Crippen molar-refractivity contribution in [1.29, 1.82) is 0 Å². The summed E-state index contributed by atoms with van der Waals surface area (Å²) in [5, 5.41) is 1.86. The van der Waals surface area contributed by atoms with Gasteiger partial charge in [0.15, 0.2) is 0 Å². The molecule has 2 atom stereocenters. The summed E-state index contributed by atoms with van der Waals surface area (Å²) in [6.45, 7) is 5.44. The Morgan fingerprint density at radius 2 is 2.08 bits per heavy atom. The number of likely N-dealkylation sites (tertiary alicyclic amines) is 1. The topological polar surface area (TPSA) is 42.3 Å². The van der Waals surface area contributed by atoms with Crippen LogP contribution in [0.1, 0.15) is 49.8 Å². The Hall–Kier alpha value is -1.88. The normalized spacial score (nSPS) is 18.5. The predicted octanol–water partition coefficient (Wildman–Crippen LogP) is 3.79. The Kier molecular flexibility index (Phi) is 5.74. The molecule has 0 bridgehead atoms. The molecule has 0 spiro atoms. The molecule has 0 radical (unpaired) electrons. The average Bonchev–Trinajstić information content (AvgIpc) is 3.22. The Balaban J connectivity index is 1.70. The largest absolute Gasteiger partial charge is 0.339 e. The SMILES string of the molecule is CC[C@H](c1ccccc1)[C@H]1CCCN1C(=O)CCn1c(C)csc1=O. The van der Waals surface area contributed by atoms with E-state index >= 15 is 0 Å². The minimum absolute atomic E-state index is 0.0268. The van der Waals surface area contributed by atoms with Crippen LogP contribution in [0.2, 0.25) is 0 Å². The first-order valence-electron chi connectivity index (χ1n) is 9.11. The molecule has 0 unspecified atom stereocenters. The lowest BCUT2D eigenvalue weighted by molar-refractivity contribution is -0.132. The molecule has 1 aliphatic heterocycles. The van der Waals surface area contributed by atoms with Crippen molar-refractivity contribution < 1.29 is 4.79 Å². The molecule has 1 aromatic carbocycles. The van der Waals surface area contributed by atoms with Crippen LogP contribution in [0.15, 0.2) is 40.5 Å². The molecule has 1 aliphatic rings. The summed E-state index contributed by atoms with van der Waals surface area (Å²) in [5.74, 6) is 0.563. The Morgan fingerprint density at radius 1 is 1.32 bits per heavy atom. The van der Waals surface area contributed by atoms with Gasteiger partial charge in [0.25, 0.3) is 0 Å². The maximum absolute atomic E-state index is 12.8. The van der Waals surface area contributed by atoms with Crippen molar-refractivity contribution in [2.45, 2.75) is 58.0 Å². The molecule has 2 aromatic rings. The summed E-state index contributed by atoms with van der Waals surface area (Å²) in [6, 6.07) is 10.8. The van der Waals surface area contributed by atoms with Crippen LogP contribution >= 0.6 is 11.3 Å². The van der Waals surface area contributed by atoms with Gasteiger partial charge in [-0.3, -0.25) is 9.59 Å². The van der Waals surface area contributed by atoms with Crippen LogP contribution in [0.3, 0.4) is 0 Å². The molecular formula is C20H26N2O2S. The molecular weight excluding hydrogens is 332 g/mol. The van der Waals surface area contributed by atoms with Gasteiger partial charge in [0, 0.05) is 42.5 Å². The van der Waals surface area contributed by atoms with Crippen LogP contribution in [0.25, 0.3) is 0 Å². The quantitative estimate of drug-likeness (QED) is 0.788. The van der Waals surface area contributed by atoms with Gasteiger partial charge in [-0.2, -0.15) is 0 Å². The highest BCUT2D eigenvalue weighted by atomic mass is 32.1. The van der Waals surface area contributed by atoms with Gasteiger partial charge < -0.3 is 9.47 Å². The smallest absolute Gasteiger partial charge is 0.307 e. The van der Waals surface area contributed by atoms with E-state index in [1.54, 1.807) is 4.57 Å². The van der Waals surface area contributed by atoms with E-state index in [0.717, 1.165) is 31.5 Å². The third-order valence-electron chi connectivity index (χ3n) is 5.28. The van der Waals surface area contributed by atoms with Crippen molar-refractivity contribution >= 4 is 17.2 Å².